The number of guanidine groups is 1. The third kappa shape index (κ3) is 7.86. The van der Waals surface area contributed by atoms with Crippen LogP contribution in [0.3, 0.4) is 0 Å². The molecule has 1 heterocycles. The summed E-state index contributed by atoms with van der Waals surface area (Å²) in [7, 11) is -1.33. The molecule has 8 heteroatoms. The van der Waals surface area contributed by atoms with Gasteiger partial charge in [-0.15, -0.1) is 0 Å². The first-order chi connectivity index (χ1) is 13.0. The Morgan fingerprint density at radius 1 is 1.30 bits per heavy atom. The van der Waals surface area contributed by atoms with E-state index in [1.165, 1.54) is 5.56 Å². The molecule has 1 aliphatic heterocycles. The molecule has 1 aromatic rings. The van der Waals surface area contributed by atoms with Gasteiger partial charge in [0.2, 0.25) is 10.0 Å². The zero-order valence-corrected chi connectivity index (χ0v) is 17.2. The average Bonchev–Trinajstić information content (AvgIpc) is 3.14. The largest absolute Gasteiger partial charge is 0.376 e. The third-order valence-corrected chi connectivity index (χ3v) is 6.01. The van der Waals surface area contributed by atoms with Gasteiger partial charge in [-0.05, 0) is 25.3 Å². The minimum Gasteiger partial charge on any atom is -0.376 e. The number of sulfonamides is 1. The van der Waals surface area contributed by atoms with Crippen LogP contribution in [0.25, 0.3) is 0 Å². The van der Waals surface area contributed by atoms with Crippen LogP contribution in [0.15, 0.2) is 35.3 Å². The summed E-state index contributed by atoms with van der Waals surface area (Å²) in [5.41, 5.74) is 1.20. The van der Waals surface area contributed by atoms with Crippen LogP contribution in [0.4, 0.5) is 0 Å². The van der Waals surface area contributed by atoms with Crippen LogP contribution in [0, 0.1) is 5.92 Å². The van der Waals surface area contributed by atoms with Gasteiger partial charge in [0, 0.05) is 39.1 Å². The standard InChI is InChI=1S/C19H32N4O3S/c1-3-27(24,25)22-12-7-11-21-19(20-2)23-13-10-18(14-23)16-26-15-17-8-5-4-6-9-17/h4-6,8-9,18,22H,3,7,10-16H2,1-2H3,(H,20,21). The van der Waals surface area contributed by atoms with Crippen LogP contribution in [-0.4, -0.2) is 64.9 Å². The van der Waals surface area contributed by atoms with E-state index in [1.54, 1.807) is 14.0 Å². The average molecular weight is 397 g/mol. The molecular weight excluding hydrogens is 364 g/mol. The van der Waals surface area contributed by atoms with Gasteiger partial charge in [0.1, 0.15) is 0 Å². The van der Waals surface area contributed by atoms with Crippen molar-refractivity contribution in [2.24, 2.45) is 10.9 Å². The molecule has 2 rings (SSSR count). The first-order valence-corrected chi connectivity index (χ1v) is 11.2. The number of nitrogens with one attached hydrogen (secondary N) is 2. The van der Waals surface area contributed by atoms with Gasteiger partial charge in [-0.2, -0.15) is 0 Å². The van der Waals surface area contributed by atoms with Gasteiger partial charge in [0.25, 0.3) is 0 Å². The second-order valence-electron chi connectivity index (χ2n) is 6.73. The summed E-state index contributed by atoms with van der Waals surface area (Å²) >= 11 is 0. The number of ether oxygens (including phenoxy) is 1. The van der Waals surface area contributed by atoms with Crippen LogP contribution < -0.4 is 10.0 Å². The van der Waals surface area contributed by atoms with Crippen molar-refractivity contribution in [1.82, 2.24) is 14.9 Å². The highest BCUT2D eigenvalue weighted by molar-refractivity contribution is 7.89. The normalized spacial score (nSPS) is 18.1. The van der Waals surface area contributed by atoms with E-state index in [4.69, 9.17) is 4.74 Å². The Morgan fingerprint density at radius 3 is 2.78 bits per heavy atom. The molecule has 1 atom stereocenters. The van der Waals surface area contributed by atoms with Crippen LogP contribution in [-0.2, 0) is 21.4 Å². The SMILES string of the molecule is CCS(=O)(=O)NCCCNC(=NC)N1CCC(COCc2ccccc2)C1. The first-order valence-electron chi connectivity index (χ1n) is 9.58. The molecule has 0 aromatic heterocycles. The highest BCUT2D eigenvalue weighted by Gasteiger charge is 2.24. The number of hydrogen-bond donors (Lipinski definition) is 2. The summed E-state index contributed by atoms with van der Waals surface area (Å²) in [6.45, 7) is 6.05. The van der Waals surface area contributed by atoms with Crippen LogP contribution in [0.1, 0.15) is 25.3 Å². The second kappa shape index (κ2) is 11.3. The topological polar surface area (TPSA) is 83.0 Å². The van der Waals surface area contributed by atoms with Crippen molar-refractivity contribution in [2.45, 2.75) is 26.4 Å². The number of nitrogens with zero attached hydrogens (tertiary/aromatic N) is 2. The molecule has 0 aliphatic carbocycles. The highest BCUT2D eigenvalue weighted by Crippen LogP contribution is 2.17. The monoisotopic (exact) mass is 396 g/mol. The molecule has 27 heavy (non-hydrogen) atoms. The molecule has 1 unspecified atom stereocenters. The Morgan fingerprint density at radius 2 is 2.07 bits per heavy atom. The smallest absolute Gasteiger partial charge is 0.211 e. The van der Waals surface area contributed by atoms with E-state index in [2.05, 4.69) is 32.1 Å². The van der Waals surface area contributed by atoms with Crippen LogP contribution >= 0.6 is 0 Å². The molecule has 152 valence electrons. The number of rotatable bonds is 10. The lowest BCUT2D eigenvalue weighted by Gasteiger charge is -2.21. The van der Waals surface area contributed by atoms with E-state index in [-0.39, 0.29) is 5.75 Å². The molecule has 1 aliphatic rings. The maximum atomic E-state index is 11.4. The van der Waals surface area contributed by atoms with E-state index in [9.17, 15) is 8.42 Å². The molecule has 0 spiro atoms. The number of likely N-dealkylation sites (tertiary alicyclic amines) is 1. The quantitative estimate of drug-likeness (QED) is 0.355. The molecule has 2 N–H and O–H groups in total. The first kappa shape index (κ1) is 21.7. The maximum absolute atomic E-state index is 11.4. The molecule has 0 bridgehead atoms. The predicted octanol–water partition coefficient (Wildman–Crippen LogP) is 1.43. The number of aliphatic imine (C=N–C) groups is 1. The second-order valence-corrected chi connectivity index (χ2v) is 8.82. The fourth-order valence-electron chi connectivity index (χ4n) is 3.03. The van der Waals surface area contributed by atoms with Gasteiger partial charge in [-0.25, -0.2) is 13.1 Å². The van der Waals surface area contributed by atoms with Crippen molar-refractivity contribution < 1.29 is 13.2 Å². The molecule has 0 radical (unpaired) electrons. The fraction of sp³-hybridized carbons (Fsp3) is 0.632. The number of hydrogen-bond acceptors (Lipinski definition) is 4. The highest BCUT2D eigenvalue weighted by atomic mass is 32.2. The summed E-state index contributed by atoms with van der Waals surface area (Å²) in [4.78, 5) is 6.59. The molecule has 1 fully saturated rings. The van der Waals surface area contributed by atoms with Gasteiger partial charge in [0.05, 0.1) is 19.0 Å². The van der Waals surface area contributed by atoms with E-state index in [0.29, 0.717) is 25.6 Å². The van der Waals surface area contributed by atoms with Gasteiger partial charge in [-0.3, -0.25) is 4.99 Å². The zero-order valence-electron chi connectivity index (χ0n) is 16.4. The summed E-state index contributed by atoms with van der Waals surface area (Å²) in [5.74, 6) is 1.49. The molecular formula is C19H32N4O3S. The lowest BCUT2D eigenvalue weighted by Crippen LogP contribution is -2.41. The van der Waals surface area contributed by atoms with Crippen molar-refractivity contribution >= 4 is 16.0 Å². The van der Waals surface area contributed by atoms with E-state index in [0.717, 1.165) is 38.5 Å². The van der Waals surface area contributed by atoms with Crippen molar-refractivity contribution in [3.63, 3.8) is 0 Å². The summed E-state index contributed by atoms with van der Waals surface area (Å²) < 4.78 is 31.2. The Balaban J connectivity index is 1.63. The van der Waals surface area contributed by atoms with Gasteiger partial charge >= 0.3 is 0 Å². The Labute approximate surface area is 163 Å². The van der Waals surface area contributed by atoms with Gasteiger partial charge < -0.3 is 15.0 Å². The fourth-order valence-corrected chi connectivity index (χ4v) is 3.69. The minimum absolute atomic E-state index is 0.115. The Bertz CT molecular complexity index is 679. The Kier molecular flexibility index (Phi) is 9.03. The van der Waals surface area contributed by atoms with Gasteiger partial charge in [-0.1, -0.05) is 30.3 Å². The summed E-state index contributed by atoms with van der Waals surface area (Å²) in [5, 5.41) is 3.32. The van der Waals surface area contributed by atoms with E-state index < -0.39 is 10.0 Å². The maximum Gasteiger partial charge on any atom is 0.211 e. The summed E-state index contributed by atoms with van der Waals surface area (Å²) in [6.07, 6.45) is 1.81. The molecule has 1 aromatic carbocycles. The van der Waals surface area contributed by atoms with Crippen LogP contribution in [0.5, 0.6) is 0 Å². The van der Waals surface area contributed by atoms with Gasteiger partial charge in [0.15, 0.2) is 5.96 Å². The molecule has 1 saturated heterocycles. The van der Waals surface area contributed by atoms with E-state index in [1.807, 2.05) is 18.2 Å². The third-order valence-electron chi connectivity index (χ3n) is 4.60. The summed E-state index contributed by atoms with van der Waals surface area (Å²) in [6, 6.07) is 10.2. The number of benzene rings is 1. The Hall–Kier alpha value is -1.64. The predicted molar refractivity (Wildman–Crippen MR) is 109 cm³/mol. The van der Waals surface area contributed by atoms with E-state index >= 15 is 0 Å². The zero-order chi connectivity index (χ0) is 19.5. The van der Waals surface area contributed by atoms with Crippen molar-refractivity contribution in [3.8, 4) is 0 Å². The molecule has 0 amide bonds. The molecule has 0 saturated carbocycles. The lowest BCUT2D eigenvalue weighted by atomic mass is 10.1. The minimum atomic E-state index is -3.11. The van der Waals surface area contributed by atoms with Crippen molar-refractivity contribution in [3.05, 3.63) is 35.9 Å². The van der Waals surface area contributed by atoms with Crippen molar-refractivity contribution in [2.75, 3.05) is 45.6 Å². The van der Waals surface area contributed by atoms with Crippen LogP contribution in [0.2, 0.25) is 0 Å². The molecule has 7 nitrogen and oxygen atoms in total. The van der Waals surface area contributed by atoms with Crippen molar-refractivity contribution in [1.29, 1.82) is 0 Å². The lowest BCUT2D eigenvalue weighted by molar-refractivity contribution is 0.0907.